The van der Waals surface area contributed by atoms with Gasteiger partial charge in [0.05, 0.1) is 6.04 Å². The Labute approximate surface area is 167 Å². The minimum absolute atomic E-state index is 0.0596. The second-order valence-corrected chi connectivity index (χ2v) is 9.38. The standard InChI is InChI=1S/C21H21F3N2O2S/c1-2-29(27,28)26-20-18(25-16-11-21(20,24)12-16)9-14-8-15(22)10-17(19(14)23)13-6-4-3-5-7-13/h2-8,10,16,18,20,25-26H,1,9,11-12H2. The highest BCUT2D eigenvalue weighted by atomic mass is 32.2. The molecule has 2 saturated heterocycles. The van der Waals surface area contributed by atoms with Gasteiger partial charge in [0.25, 0.3) is 0 Å². The molecular formula is C21H21F3N2O2S. The number of fused-ring (bicyclic) bond motifs is 2. The van der Waals surface area contributed by atoms with Crippen molar-refractivity contribution in [2.45, 2.75) is 43.1 Å². The van der Waals surface area contributed by atoms with Gasteiger partial charge in [0.2, 0.25) is 10.0 Å². The van der Waals surface area contributed by atoms with Crippen molar-refractivity contribution in [1.82, 2.24) is 10.0 Å². The molecule has 1 aliphatic carbocycles. The van der Waals surface area contributed by atoms with Gasteiger partial charge in [-0.1, -0.05) is 36.9 Å². The summed E-state index contributed by atoms with van der Waals surface area (Å²) in [6.07, 6.45) is 0.291. The van der Waals surface area contributed by atoms with E-state index in [2.05, 4.69) is 16.6 Å². The molecule has 2 unspecified atom stereocenters. The fourth-order valence-corrected chi connectivity index (χ4v) is 5.16. The molecule has 3 aliphatic rings. The van der Waals surface area contributed by atoms with Crippen LogP contribution in [0.15, 0.2) is 54.5 Å². The topological polar surface area (TPSA) is 58.2 Å². The van der Waals surface area contributed by atoms with Crippen LogP contribution in [0.4, 0.5) is 13.2 Å². The molecule has 8 heteroatoms. The highest BCUT2D eigenvalue weighted by Gasteiger charge is 2.58. The Morgan fingerprint density at radius 3 is 2.55 bits per heavy atom. The minimum atomic E-state index is -3.89. The summed E-state index contributed by atoms with van der Waals surface area (Å²) >= 11 is 0. The summed E-state index contributed by atoms with van der Waals surface area (Å²) in [5.41, 5.74) is -1.02. The first kappa shape index (κ1) is 20.1. The molecule has 154 valence electrons. The third kappa shape index (κ3) is 3.84. The third-order valence-corrected chi connectivity index (χ3v) is 6.75. The number of hydrogen-bond donors (Lipinski definition) is 2. The van der Waals surface area contributed by atoms with Crippen molar-refractivity contribution in [3.8, 4) is 11.1 Å². The Hall–Kier alpha value is -2.16. The molecule has 2 atom stereocenters. The maximum atomic E-state index is 15.2. The van der Waals surface area contributed by atoms with E-state index in [1.54, 1.807) is 30.3 Å². The number of hydrogen-bond acceptors (Lipinski definition) is 3. The number of halogens is 3. The Balaban J connectivity index is 1.67. The predicted octanol–water partition coefficient (Wildman–Crippen LogP) is 3.45. The second-order valence-electron chi connectivity index (χ2n) is 7.72. The average Bonchev–Trinajstić information content (AvgIpc) is 2.66. The number of rotatable bonds is 6. The quantitative estimate of drug-likeness (QED) is 0.750. The average molecular weight is 422 g/mol. The van der Waals surface area contributed by atoms with Crippen LogP contribution in [0.5, 0.6) is 0 Å². The zero-order chi connectivity index (χ0) is 20.8. The summed E-state index contributed by atoms with van der Waals surface area (Å²) in [6, 6.07) is 8.84. The van der Waals surface area contributed by atoms with E-state index in [4.69, 9.17) is 0 Å². The Kier molecular flexibility index (Phi) is 5.04. The molecule has 0 radical (unpaired) electrons. The van der Waals surface area contributed by atoms with E-state index in [0.29, 0.717) is 11.0 Å². The zero-order valence-electron chi connectivity index (χ0n) is 15.5. The van der Waals surface area contributed by atoms with Crippen molar-refractivity contribution >= 4 is 10.0 Å². The Morgan fingerprint density at radius 2 is 1.90 bits per heavy atom. The Bertz CT molecular complexity index is 1040. The van der Waals surface area contributed by atoms with Crippen molar-refractivity contribution in [3.05, 3.63) is 71.6 Å². The first-order chi connectivity index (χ1) is 13.7. The van der Waals surface area contributed by atoms with Crippen molar-refractivity contribution < 1.29 is 21.6 Å². The Morgan fingerprint density at radius 1 is 1.21 bits per heavy atom. The predicted molar refractivity (Wildman–Crippen MR) is 105 cm³/mol. The van der Waals surface area contributed by atoms with Gasteiger partial charge in [0.1, 0.15) is 17.3 Å². The zero-order valence-corrected chi connectivity index (χ0v) is 16.4. The third-order valence-electron chi connectivity index (χ3n) is 5.73. The van der Waals surface area contributed by atoms with Gasteiger partial charge >= 0.3 is 0 Å². The second kappa shape index (κ2) is 7.27. The van der Waals surface area contributed by atoms with Crippen LogP contribution in [0, 0.1) is 11.6 Å². The van der Waals surface area contributed by atoms with E-state index in [1.165, 1.54) is 0 Å². The molecule has 1 saturated carbocycles. The van der Waals surface area contributed by atoms with Gasteiger partial charge < -0.3 is 5.32 Å². The van der Waals surface area contributed by atoms with Crippen molar-refractivity contribution in [1.29, 1.82) is 0 Å². The molecule has 2 N–H and O–H groups in total. The van der Waals surface area contributed by atoms with Crippen LogP contribution in [-0.4, -0.2) is 32.2 Å². The summed E-state index contributed by atoms with van der Waals surface area (Å²) in [7, 11) is -3.89. The molecule has 2 aromatic carbocycles. The lowest BCUT2D eigenvalue weighted by Crippen LogP contribution is -2.75. The van der Waals surface area contributed by atoms with Crippen LogP contribution in [0.25, 0.3) is 11.1 Å². The van der Waals surface area contributed by atoms with Crippen LogP contribution in [0.1, 0.15) is 18.4 Å². The van der Waals surface area contributed by atoms with Crippen LogP contribution >= 0.6 is 0 Å². The molecular weight excluding hydrogens is 401 g/mol. The van der Waals surface area contributed by atoms with Crippen LogP contribution in [-0.2, 0) is 16.4 Å². The fourth-order valence-electron chi connectivity index (χ4n) is 4.34. The highest BCUT2D eigenvalue weighted by molar-refractivity contribution is 7.92. The lowest BCUT2D eigenvalue weighted by molar-refractivity contribution is -0.0567. The minimum Gasteiger partial charge on any atom is -0.309 e. The molecule has 0 spiro atoms. The molecule has 4 nitrogen and oxygen atoms in total. The summed E-state index contributed by atoms with van der Waals surface area (Å²) in [6.45, 7) is 3.24. The summed E-state index contributed by atoms with van der Waals surface area (Å²) in [5.74, 6) is -1.21. The number of alkyl halides is 1. The first-order valence-corrected chi connectivity index (χ1v) is 10.9. The molecule has 2 heterocycles. The summed E-state index contributed by atoms with van der Waals surface area (Å²) in [5, 5.41) is 3.89. The first-order valence-electron chi connectivity index (χ1n) is 9.34. The normalized spacial score (nSPS) is 28.6. The van der Waals surface area contributed by atoms with Gasteiger partial charge in [0, 0.05) is 23.1 Å². The summed E-state index contributed by atoms with van der Waals surface area (Å²) < 4.78 is 70.9. The molecule has 5 rings (SSSR count). The summed E-state index contributed by atoms with van der Waals surface area (Å²) in [4.78, 5) is 0. The number of sulfonamides is 1. The lowest BCUT2D eigenvalue weighted by atomic mass is 9.65. The number of piperidine rings is 2. The van der Waals surface area contributed by atoms with E-state index < -0.39 is 39.4 Å². The molecule has 3 fully saturated rings. The molecule has 2 bridgehead atoms. The highest BCUT2D eigenvalue weighted by Crippen LogP contribution is 2.45. The van der Waals surface area contributed by atoms with Gasteiger partial charge in [-0.2, -0.15) is 0 Å². The van der Waals surface area contributed by atoms with Gasteiger partial charge in [-0.15, -0.1) is 0 Å². The van der Waals surface area contributed by atoms with Gasteiger partial charge in [-0.3, -0.25) is 0 Å². The lowest BCUT2D eigenvalue weighted by Gasteiger charge is -2.55. The largest absolute Gasteiger partial charge is 0.309 e. The smallest absolute Gasteiger partial charge is 0.233 e. The van der Waals surface area contributed by atoms with E-state index in [0.717, 1.165) is 12.1 Å². The van der Waals surface area contributed by atoms with Gasteiger partial charge in [-0.05, 0) is 42.5 Å². The van der Waals surface area contributed by atoms with Crippen LogP contribution < -0.4 is 10.0 Å². The number of nitrogens with one attached hydrogen (secondary N) is 2. The van der Waals surface area contributed by atoms with Crippen molar-refractivity contribution in [2.24, 2.45) is 0 Å². The fraction of sp³-hybridized carbons (Fsp3) is 0.333. The van der Waals surface area contributed by atoms with E-state index >= 15 is 8.78 Å². The van der Waals surface area contributed by atoms with E-state index in [9.17, 15) is 12.8 Å². The van der Waals surface area contributed by atoms with Gasteiger partial charge in [0.15, 0.2) is 0 Å². The molecule has 2 aliphatic heterocycles. The molecule has 0 amide bonds. The maximum absolute atomic E-state index is 15.2. The SMILES string of the molecule is C=CS(=O)(=O)NC1C(Cc2cc(F)cc(-c3ccccc3)c2F)NC2CC1(F)C2. The molecule has 2 aromatic rings. The van der Waals surface area contributed by atoms with E-state index in [1.807, 2.05) is 0 Å². The van der Waals surface area contributed by atoms with Crippen LogP contribution in [0.3, 0.4) is 0 Å². The van der Waals surface area contributed by atoms with Crippen LogP contribution in [0.2, 0.25) is 0 Å². The van der Waals surface area contributed by atoms with Crippen molar-refractivity contribution in [3.63, 3.8) is 0 Å². The number of benzene rings is 2. The van der Waals surface area contributed by atoms with Gasteiger partial charge in [-0.25, -0.2) is 26.3 Å². The van der Waals surface area contributed by atoms with Crippen molar-refractivity contribution in [2.75, 3.05) is 0 Å². The molecule has 0 aromatic heterocycles. The van der Waals surface area contributed by atoms with E-state index in [-0.39, 0.29) is 36.4 Å². The maximum Gasteiger partial charge on any atom is 0.233 e. The monoisotopic (exact) mass is 422 g/mol. The molecule has 29 heavy (non-hydrogen) atoms.